The molecule has 0 saturated heterocycles. The highest BCUT2D eigenvalue weighted by atomic mass is 32.2. The summed E-state index contributed by atoms with van der Waals surface area (Å²) in [5, 5.41) is 2.83. The fraction of sp³-hybridized carbons (Fsp3) is 0.263. The molecule has 0 bridgehead atoms. The van der Waals surface area contributed by atoms with Crippen molar-refractivity contribution in [2.75, 3.05) is 5.32 Å². The van der Waals surface area contributed by atoms with Crippen molar-refractivity contribution in [2.45, 2.75) is 37.4 Å². The summed E-state index contributed by atoms with van der Waals surface area (Å²) in [6.45, 7) is 5.55. The molecule has 0 spiro atoms. The van der Waals surface area contributed by atoms with Gasteiger partial charge in [-0.25, -0.2) is 4.98 Å². The van der Waals surface area contributed by atoms with Gasteiger partial charge in [0.1, 0.15) is 0 Å². The Morgan fingerprint density at radius 3 is 2.48 bits per heavy atom. The van der Waals surface area contributed by atoms with E-state index in [9.17, 15) is 18.0 Å². The van der Waals surface area contributed by atoms with Crippen LogP contribution in [0.25, 0.3) is 11.0 Å². The molecule has 0 aliphatic carbocycles. The molecular weight excluding hydrogens is 375 g/mol. The number of carbonyl (C=O) groups is 1. The molecule has 0 radical (unpaired) electrons. The molecule has 1 aromatic heterocycles. The first-order chi connectivity index (χ1) is 12.6. The average molecular weight is 393 g/mol. The molecule has 4 nitrogen and oxygen atoms in total. The molecule has 3 aromatic rings. The fourth-order valence-electron chi connectivity index (χ4n) is 2.68. The first kappa shape index (κ1) is 19.3. The van der Waals surface area contributed by atoms with E-state index in [-0.39, 0.29) is 11.4 Å². The molecular formula is C19H18F3N3OS. The van der Waals surface area contributed by atoms with Crippen LogP contribution in [0, 0.1) is 13.8 Å². The highest BCUT2D eigenvalue weighted by Crippen LogP contribution is 2.32. The summed E-state index contributed by atoms with van der Waals surface area (Å²) in [5.41, 5.74) is 2.67. The number of nitrogens with zero attached hydrogens (tertiary/aromatic N) is 1. The summed E-state index contributed by atoms with van der Waals surface area (Å²) >= 11 is 1.16. The van der Waals surface area contributed by atoms with E-state index in [1.807, 2.05) is 32.0 Å². The van der Waals surface area contributed by atoms with Gasteiger partial charge in [0.15, 0.2) is 5.16 Å². The summed E-state index contributed by atoms with van der Waals surface area (Å²) in [7, 11) is 0. The van der Waals surface area contributed by atoms with E-state index in [4.69, 9.17) is 0 Å². The Morgan fingerprint density at radius 1 is 1.19 bits per heavy atom. The molecule has 1 amide bonds. The largest absolute Gasteiger partial charge is 0.416 e. The first-order valence-corrected chi connectivity index (χ1v) is 9.14. The molecule has 2 N–H and O–H groups in total. The van der Waals surface area contributed by atoms with Gasteiger partial charge in [-0.2, -0.15) is 13.2 Å². The molecule has 1 atom stereocenters. The number of nitrogens with one attached hydrogen (secondary N) is 2. The maximum atomic E-state index is 12.8. The number of aromatic amines is 1. The van der Waals surface area contributed by atoms with Gasteiger partial charge >= 0.3 is 6.18 Å². The van der Waals surface area contributed by atoms with E-state index in [0.29, 0.717) is 10.7 Å². The monoisotopic (exact) mass is 393 g/mol. The van der Waals surface area contributed by atoms with Crippen LogP contribution < -0.4 is 5.32 Å². The van der Waals surface area contributed by atoms with Crippen molar-refractivity contribution in [3.05, 3.63) is 53.1 Å². The van der Waals surface area contributed by atoms with Crippen molar-refractivity contribution in [1.29, 1.82) is 0 Å². The first-order valence-electron chi connectivity index (χ1n) is 8.26. The fourth-order valence-corrected chi connectivity index (χ4v) is 3.50. The van der Waals surface area contributed by atoms with Crippen molar-refractivity contribution >= 4 is 34.4 Å². The minimum Gasteiger partial charge on any atom is -0.333 e. The van der Waals surface area contributed by atoms with E-state index in [0.717, 1.165) is 40.7 Å². The number of aromatic nitrogens is 2. The number of rotatable bonds is 4. The van der Waals surface area contributed by atoms with Gasteiger partial charge in [0.05, 0.1) is 21.8 Å². The molecule has 3 rings (SSSR count). The zero-order valence-electron chi connectivity index (χ0n) is 14.9. The maximum absolute atomic E-state index is 12.8. The van der Waals surface area contributed by atoms with E-state index in [2.05, 4.69) is 15.3 Å². The normalized spacial score (nSPS) is 13.0. The van der Waals surface area contributed by atoms with Crippen molar-refractivity contribution in [2.24, 2.45) is 0 Å². The summed E-state index contributed by atoms with van der Waals surface area (Å²) in [5.74, 6) is -0.200. The van der Waals surface area contributed by atoms with Gasteiger partial charge in [-0.05, 0) is 50.1 Å². The van der Waals surface area contributed by atoms with Crippen LogP contribution in [0.15, 0.2) is 41.6 Å². The minimum absolute atomic E-state index is 0.200. The number of imidazole rings is 1. The minimum atomic E-state index is -4.41. The van der Waals surface area contributed by atoms with Gasteiger partial charge in [-0.15, -0.1) is 0 Å². The van der Waals surface area contributed by atoms with Crippen LogP contribution in [0.2, 0.25) is 0 Å². The zero-order valence-corrected chi connectivity index (χ0v) is 15.8. The van der Waals surface area contributed by atoms with Crippen LogP contribution in [0.3, 0.4) is 0 Å². The third-order valence-corrected chi connectivity index (χ3v) is 5.16. The number of alkyl halides is 3. The predicted molar refractivity (Wildman–Crippen MR) is 101 cm³/mol. The van der Waals surface area contributed by atoms with Crippen LogP contribution in [-0.4, -0.2) is 21.1 Å². The van der Waals surface area contributed by atoms with Crippen molar-refractivity contribution in [3.63, 3.8) is 0 Å². The molecule has 0 aliphatic heterocycles. The Bertz CT molecular complexity index is 977. The zero-order chi connectivity index (χ0) is 19.8. The van der Waals surface area contributed by atoms with Gasteiger partial charge in [0, 0.05) is 5.69 Å². The van der Waals surface area contributed by atoms with Gasteiger partial charge in [-0.1, -0.05) is 30.0 Å². The number of amides is 1. The van der Waals surface area contributed by atoms with Crippen LogP contribution in [0.5, 0.6) is 0 Å². The van der Waals surface area contributed by atoms with Crippen molar-refractivity contribution in [1.82, 2.24) is 9.97 Å². The molecule has 8 heteroatoms. The lowest BCUT2D eigenvalue weighted by Crippen LogP contribution is -2.23. The number of carbonyl (C=O) groups excluding carboxylic acids is 1. The van der Waals surface area contributed by atoms with Crippen molar-refractivity contribution < 1.29 is 18.0 Å². The molecule has 1 heterocycles. The summed E-state index contributed by atoms with van der Waals surface area (Å²) in [6.07, 6.45) is -4.41. The highest BCUT2D eigenvalue weighted by molar-refractivity contribution is 8.00. The number of aryl methyl sites for hydroxylation is 2. The standard InChI is InChI=1S/C19H18F3N3OS/c1-10-5-4-6-11(2)16(10)25-17(26)12(3)27-18-23-14-8-7-13(19(20,21)22)9-15(14)24-18/h4-9,12H,1-3H3,(H,23,24)(H,25,26). The van der Waals surface area contributed by atoms with Gasteiger partial charge in [0.25, 0.3) is 0 Å². The smallest absolute Gasteiger partial charge is 0.333 e. The Labute approximate surface area is 158 Å². The third kappa shape index (κ3) is 4.27. The second-order valence-electron chi connectivity index (χ2n) is 6.29. The third-order valence-electron chi connectivity index (χ3n) is 4.17. The van der Waals surface area contributed by atoms with E-state index in [1.165, 1.54) is 6.07 Å². The SMILES string of the molecule is Cc1cccc(C)c1NC(=O)C(C)Sc1nc2ccc(C(F)(F)F)cc2[nH]1. The Kier molecular flexibility index (Phi) is 5.19. The molecule has 0 fully saturated rings. The molecule has 142 valence electrons. The molecule has 1 unspecified atom stereocenters. The second-order valence-corrected chi connectivity index (χ2v) is 7.62. The maximum Gasteiger partial charge on any atom is 0.416 e. The van der Waals surface area contributed by atoms with Crippen molar-refractivity contribution in [3.8, 4) is 0 Å². The number of H-pyrrole nitrogens is 1. The van der Waals surface area contributed by atoms with E-state index >= 15 is 0 Å². The van der Waals surface area contributed by atoms with Gasteiger partial charge in [0.2, 0.25) is 5.91 Å². The second kappa shape index (κ2) is 7.26. The highest BCUT2D eigenvalue weighted by Gasteiger charge is 2.30. The average Bonchev–Trinajstić information content (AvgIpc) is 2.98. The topological polar surface area (TPSA) is 57.8 Å². The lowest BCUT2D eigenvalue weighted by atomic mass is 10.1. The number of anilines is 1. The Balaban J connectivity index is 1.75. The van der Waals surface area contributed by atoms with Crippen LogP contribution >= 0.6 is 11.8 Å². The van der Waals surface area contributed by atoms with Crippen LogP contribution in [0.4, 0.5) is 18.9 Å². The number of hydrogen-bond acceptors (Lipinski definition) is 3. The number of thioether (sulfide) groups is 1. The summed E-state index contributed by atoms with van der Waals surface area (Å²) < 4.78 is 38.5. The quantitative estimate of drug-likeness (QED) is 0.590. The number of fused-ring (bicyclic) bond motifs is 1. The number of benzene rings is 2. The lowest BCUT2D eigenvalue weighted by molar-refractivity contribution is -0.137. The number of halogens is 3. The van der Waals surface area contributed by atoms with Gasteiger partial charge in [-0.3, -0.25) is 4.79 Å². The van der Waals surface area contributed by atoms with E-state index in [1.54, 1.807) is 6.92 Å². The van der Waals surface area contributed by atoms with Crippen LogP contribution in [-0.2, 0) is 11.0 Å². The molecule has 2 aromatic carbocycles. The number of hydrogen-bond donors (Lipinski definition) is 2. The lowest BCUT2D eigenvalue weighted by Gasteiger charge is -2.14. The molecule has 0 aliphatic rings. The molecule has 27 heavy (non-hydrogen) atoms. The summed E-state index contributed by atoms with van der Waals surface area (Å²) in [4.78, 5) is 19.6. The predicted octanol–water partition coefficient (Wildman–Crippen LogP) is 5.32. The Morgan fingerprint density at radius 2 is 1.85 bits per heavy atom. The van der Waals surface area contributed by atoms with E-state index < -0.39 is 17.0 Å². The molecule has 0 saturated carbocycles. The Hall–Kier alpha value is -2.48. The summed E-state index contributed by atoms with van der Waals surface area (Å²) in [6, 6.07) is 9.08. The van der Waals surface area contributed by atoms with Crippen LogP contribution in [0.1, 0.15) is 23.6 Å². The van der Waals surface area contributed by atoms with Gasteiger partial charge < -0.3 is 10.3 Å². The number of para-hydroxylation sites is 1.